The van der Waals surface area contributed by atoms with Crippen molar-refractivity contribution >= 4 is 56.6 Å². The molecule has 4 atom stereocenters. The molecule has 6 nitrogen and oxygen atoms in total. The van der Waals surface area contributed by atoms with Crippen molar-refractivity contribution in [2.75, 3.05) is 4.90 Å². The molecule has 2 aromatic carbocycles. The minimum Gasteiger partial charge on any atom is -0.508 e. The molecular formula is C28H19BrClNO5. The van der Waals surface area contributed by atoms with E-state index in [4.69, 9.17) is 11.6 Å². The molecule has 0 aromatic heterocycles. The summed E-state index contributed by atoms with van der Waals surface area (Å²) in [6, 6.07) is 13.4. The van der Waals surface area contributed by atoms with Gasteiger partial charge in [-0.25, -0.2) is 0 Å². The number of para-hydroxylation sites is 1. The lowest BCUT2D eigenvalue weighted by molar-refractivity contribution is -0.123. The Labute approximate surface area is 220 Å². The van der Waals surface area contributed by atoms with Crippen LogP contribution in [0, 0.1) is 17.8 Å². The number of phenolic OH excluding ortho intramolecular Hbond substituents is 1. The average Bonchev–Trinajstić information content (AvgIpc) is 3.13. The van der Waals surface area contributed by atoms with E-state index in [1.807, 2.05) is 12.1 Å². The largest absolute Gasteiger partial charge is 0.508 e. The fraction of sp³-hybridized carbons (Fsp3) is 0.214. The molecule has 36 heavy (non-hydrogen) atoms. The Kier molecular flexibility index (Phi) is 5.39. The van der Waals surface area contributed by atoms with E-state index in [9.17, 15) is 24.3 Å². The van der Waals surface area contributed by atoms with Crippen molar-refractivity contribution in [1.29, 1.82) is 0 Å². The molecule has 2 amide bonds. The van der Waals surface area contributed by atoms with E-state index in [0.717, 1.165) is 5.57 Å². The lowest BCUT2D eigenvalue weighted by Gasteiger charge is -2.42. The first-order chi connectivity index (χ1) is 17.3. The zero-order chi connectivity index (χ0) is 25.3. The lowest BCUT2D eigenvalue weighted by Crippen LogP contribution is -2.39. The third kappa shape index (κ3) is 3.29. The fourth-order valence-corrected chi connectivity index (χ4v) is 6.78. The van der Waals surface area contributed by atoms with Gasteiger partial charge in [0.2, 0.25) is 11.8 Å². The van der Waals surface area contributed by atoms with Gasteiger partial charge in [-0.15, -0.1) is 0 Å². The van der Waals surface area contributed by atoms with Crippen LogP contribution in [0.2, 0.25) is 5.02 Å². The van der Waals surface area contributed by atoms with Crippen LogP contribution in [0.1, 0.15) is 24.3 Å². The Bertz CT molecular complexity index is 1470. The summed E-state index contributed by atoms with van der Waals surface area (Å²) >= 11 is 9.48. The third-order valence-corrected chi connectivity index (χ3v) is 8.47. The second-order valence-corrected chi connectivity index (χ2v) is 10.7. The molecular weight excluding hydrogens is 546 g/mol. The predicted octanol–water partition coefficient (Wildman–Crippen LogP) is 5.01. The van der Waals surface area contributed by atoms with Crippen molar-refractivity contribution in [3.05, 3.63) is 92.5 Å². The number of aromatic hydroxyl groups is 1. The Morgan fingerprint density at radius 1 is 0.972 bits per heavy atom. The van der Waals surface area contributed by atoms with Crippen molar-refractivity contribution in [3.8, 4) is 5.75 Å². The minimum atomic E-state index is -0.750. The van der Waals surface area contributed by atoms with E-state index < -0.39 is 23.7 Å². The van der Waals surface area contributed by atoms with Gasteiger partial charge in [0.05, 0.1) is 22.0 Å². The molecule has 1 aliphatic heterocycles. The molecule has 4 aliphatic rings. The van der Waals surface area contributed by atoms with Crippen LogP contribution in [0.15, 0.2) is 81.9 Å². The normalized spacial score (nSPS) is 27.4. The van der Waals surface area contributed by atoms with Crippen LogP contribution in [0.25, 0.3) is 0 Å². The van der Waals surface area contributed by atoms with Crippen molar-refractivity contribution in [2.24, 2.45) is 17.8 Å². The number of ketones is 2. The van der Waals surface area contributed by atoms with E-state index >= 15 is 0 Å². The first-order valence-corrected chi connectivity index (χ1v) is 12.8. The molecule has 0 radical (unpaired) electrons. The van der Waals surface area contributed by atoms with Gasteiger partial charge in [-0.3, -0.25) is 24.1 Å². The highest BCUT2D eigenvalue weighted by Gasteiger charge is 2.56. The van der Waals surface area contributed by atoms with Gasteiger partial charge in [0.1, 0.15) is 5.75 Å². The van der Waals surface area contributed by atoms with Gasteiger partial charge in [0.25, 0.3) is 0 Å². The number of hydrogen-bond donors (Lipinski definition) is 1. The fourth-order valence-electron chi connectivity index (χ4n) is 6.15. The molecule has 3 aliphatic carbocycles. The minimum absolute atomic E-state index is 0.0615. The average molecular weight is 565 g/mol. The summed E-state index contributed by atoms with van der Waals surface area (Å²) in [6.45, 7) is 0. The van der Waals surface area contributed by atoms with E-state index in [-0.39, 0.29) is 40.0 Å². The van der Waals surface area contributed by atoms with Crippen molar-refractivity contribution in [2.45, 2.75) is 18.8 Å². The van der Waals surface area contributed by atoms with Crippen molar-refractivity contribution < 1.29 is 24.3 Å². The third-order valence-electron chi connectivity index (χ3n) is 7.65. The number of halogens is 2. The maximum atomic E-state index is 13.8. The highest BCUT2D eigenvalue weighted by Crippen LogP contribution is 2.56. The summed E-state index contributed by atoms with van der Waals surface area (Å²) in [5, 5.41) is 11.2. The maximum absolute atomic E-state index is 13.8. The quantitative estimate of drug-likeness (QED) is 0.315. The molecule has 0 spiro atoms. The Hall–Kier alpha value is -3.29. The van der Waals surface area contributed by atoms with Crippen LogP contribution in [-0.2, 0) is 19.2 Å². The number of anilines is 1. The van der Waals surface area contributed by atoms with Gasteiger partial charge < -0.3 is 5.11 Å². The lowest BCUT2D eigenvalue weighted by atomic mass is 9.59. The number of amides is 2. The smallest absolute Gasteiger partial charge is 0.238 e. The number of allylic oxidation sites excluding steroid dienone is 6. The first kappa shape index (κ1) is 23.1. The van der Waals surface area contributed by atoms with E-state index in [2.05, 4.69) is 15.9 Å². The second kappa shape index (κ2) is 8.39. The van der Waals surface area contributed by atoms with Crippen LogP contribution in [-0.4, -0.2) is 28.5 Å². The van der Waals surface area contributed by atoms with Gasteiger partial charge in [-0.05, 0) is 65.0 Å². The first-order valence-electron chi connectivity index (χ1n) is 11.6. The van der Waals surface area contributed by atoms with E-state index in [1.165, 1.54) is 17.0 Å². The summed E-state index contributed by atoms with van der Waals surface area (Å²) in [7, 11) is 0. The zero-order valence-electron chi connectivity index (χ0n) is 18.8. The number of imide groups is 1. The van der Waals surface area contributed by atoms with Gasteiger partial charge in [0, 0.05) is 33.7 Å². The van der Waals surface area contributed by atoms with Crippen molar-refractivity contribution in [1.82, 2.24) is 0 Å². The second-order valence-electron chi connectivity index (χ2n) is 9.44. The van der Waals surface area contributed by atoms with Gasteiger partial charge in [-0.1, -0.05) is 41.4 Å². The number of phenols is 1. The van der Waals surface area contributed by atoms with Gasteiger partial charge in [0.15, 0.2) is 11.6 Å². The summed E-state index contributed by atoms with van der Waals surface area (Å²) in [4.78, 5) is 54.9. The summed E-state index contributed by atoms with van der Waals surface area (Å²) in [6.07, 6.45) is 3.65. The molecule has 1 N–H and O–H groups in total. The molecule has 0 unspecified atom stereocenters. The van der Waals surface area contributed by atoms with Crippen LogP contribution < -0.4 is 4.90 Å². The number of nitrogens with zero attached hydrogens (tertiary/aromatic N) is 1. The molecule has 1 saturated heterocycles. The molecule has 0 saturated carbocycles. The molecule has 0 bridgehead atoms. The van der Waals surface area contributed by atoms with E-state index in [0.29, 0.717) is 33.8 Å². The Morgan fingerprint density at radius 3 is 2.47 bits per heavy atom. The SMILES string of the molecule is O=C1C=C(Br)C(=O)C2=C1[C@@H](c1cc(Cl)ccc1O)C1=CC[C@@H]3C(=O)N(c4ccccc4)C(=O)[C@@H]3[C@@H]1C2. The highest BCUT2D eigenvalue weighted by atomic mass is 79.9. The molecule has 8 heteroatoms. The van der Waals surface area contributed by atoms with Crippen LogP contribution in [0.4, 0.5) is 5.69 Å². The zero-order valence-corrected chi connectivity index (χ0v) is 21.1. The predicted molar refractivity (Wildman–Crippen MR) is 137 cm³/mol. The van der Waals surface area contributed by atoms with Gasteiger partial charge >= 0.3 is 0 Å². The Morgan fingerprint density at radius 2 is 1.72 bits per heavy atom. The van der Waals surface area contributed by atoms with Crippen LogP contribution in [0.5, 0.6) is 5.75 Å². The van der Waals surface area contributed by atoms with E-state index in [1.54, 1.807) is 36.4 Å². The monoisotopic (exact) mass is 563 g/mol. The Balaban J connectivity index is 1.52. The highest BCUT2D eigenvalue weighted by molar-refractivity contribution is 9.12. The van der Waals surface area contributed by atoms with Gasteiger partial charge in [-0.2, -0.15) is 0 Å². The number of fused-ring (bicyclic) bond motifs is 3. The number of Topliss-reactive ketones (excluding diaryl/α,β-unsaturated/α-hetero) is 1. The van der Waals surface area contributed by atoms with Crippen LogP contribution in [0.3, 0.4) is 0 Å². The van der Waals surface area contributed by atoms with Crippen molar-refractivity contribution in [3.63, 3.8) is 0 Å². The molecule has 180 valence electrons. The molecule has 6 rings (SSSR count). The molecule has 1 fully saturated rings. The number of carbonyl (C=O) groups is 4. The summed E-state index contributed by atoms with van der Waals surface area (Å²) in [5.74, 6) is -3.76. The maximum Gasteiger partial charge on any atom is 0.238 e. The number of hydrogen-bond acceptors (Lipinski definition) is 5. The topological polar surface area (TPSA) is 91.8 Å². The molecule has 2 aromatic rings. The van der Waals surface area contributed by atoms with Crippen LogP contribution >= 0.6 is 27.5 Å². The summed E-state index contributed by atoms with van der Waals surface area (Å²) < 4.78 is 0.153. The summed E-state index contributed by atoms with van der Waals surface area (Å²) in [5.41, 5.74) is 2.26. The number of benzene rings is 2. The molecule has 1 heterocycles. The standard InChI is InChI=1S/C28H19BrClNO5/c29-20-12-22(33)25-19(26(20)34)11-17-15(23(25)18-10-13(30)6-9-21(18)32)7-8-16-24(17)28(36)31(27(16)35)14-4-2-1-3-5-14/h1-7,9-10,12,16-17,23-24,32H,8,11H2/t16-,17+,23+,24-/m0/s1. The number of carbonyl (C=O) groups excluding carboxylic acids is 4. The number of rotatable bonds is 2.